The number of carbonyl (C=O) groups excluding carboxylic acids is 2. The standard InChI is InChI=1S/C26H32ClFN4O3/c1-26(35,17-5-4-6-18(28)13-17)25(34)31-11-9-21(10-12-31)32-15-20(16-32)29-19-7-8-22(23(27)14-19)24(33)30(2)3/h4-8,13-14,20-21,29,35H,9-12,15-16H2,1-3H3/t26-/m0/s1. The zero-order valence-corrected chi connectivity index (χ0v) is 21.1. The van der Waals surface area contributed by atoms with Gasteiger partial charge in [0.15, 0.2) is 5.60 Å². The Morgan fingerprint density at radius 3 is 2.43 bits per heavy atom. The number of rotatable bonds is 6. The number of nitrogens with zero attached hydrogens (tertiary/aromatic N) is 3. The Balaban J connectivity index is 1.26. The highest BCUT2D eigenvalue weighted by atomic mass is 35.5. The predicted molar refractivity (Wildman–Crippen MR) is 134 cm³/mol. The van der Waals surface area contributed by atoms with E-state index >= 15 is 0 Å². The fourth-order valence-electron chi connectivity index (χ4n) is 4.81. The maximum Gasteiger partial charge on any atom is 0.258 e. The molecule has 0 saturated carbocycles. The number of likely N-dealkylation sites (tertiary alicyclic amines) is 2. The number of halogens is 2. The summed E-state index contributed by atoms with van der Waals surface area (Å²) in [7, 11) is 3.39. The predicted octanol–water partition coefficient (Wildman–Crippen LogP) is 3.18. The van der Waals surface area contributed by atoms with Gasteiger partial charge in [-0.15, -0.1) is 0 Å². The number of carbonyl (C=O) groups is 2. The van der Waals surface area contributed by atoms with Crippen molar-refractivity contribution in [2.45, 2.75) is 37.5 Å². The van der Waals surface area contributed by atoms with Crippen LogP contribution in [0.2, 0.25) is 5.02 Å². The number of aliphatic hydroxyl groups is 1. The Morgan fingerprint density at radius 1 is 1.14 bits per heavy atom. The molecular weight excluding hydrogens is 471 g/mol. The second-order valence-electron chi connectivity index (χ2n) is 9.80. The summed E-state index contributed by atoms with van der Waals surface area (Å²) in [6.07, 6.45) is 1.65. The summed E-state index contributed by atoms with van der Waals surface area (Å²) in [5.41, 5.74) is -0.125. The molecule has 2 amide bonds. The van der Waals surface area contributed by atoms with Crippen molar-refractivity contribution in [1.29, 1.82) is 0 Å². The van der Waals surface area contributed by atoms with E-state index < -0.39 is 17.3 Å². The minimum Gasteiger partial charge on any atom is -0.380 e. The molecule has 0 aromatic heterocycles. The van der Waals surface area contributed by atoms with Gasteiger partial charge in [0, 0.05) is 52.0 Å². The maximum atomic E-state index is 13.6. The molecule has 1 atom stereocenters. The molecule has 0 unspecified atom stereocenters. The number of hydrogen-bond acceptors (Lipinski definition) is 5. The number of nitrogens with one attached hydrogen (secondary N) is 1. The Hall–Kier alpha value is -2.68. The van der Waals surface area contributed by atoms with Crippen molar-refractivity contribution in [3.8, 4) is 0 Å². The Labute approximate surface area is 210 Å². The molecule has 9 heteroatoms. The summed E-state index contributed by atoms with van der Waals surface area (Å²) in [6.45, 7) is 4.31. The Morgan fingerprint density at radius 2 is 1.83 bits per heavy atom. The van der Waals surface area contributed by atoms with Gasteiger partial charge in [0.2, 0.25) is 0 Å². The Kier molecular flexibility index (Phi) is 7.35. The second kappa shape index (κ2) is 10.1. The summed E-state index contributed by atoms with van der Waals surface area (Å²) < 4.78 is 13.6. The van der Waals surface area contributed by atoms with Gasteiger partial charge in [-0.3, -0.25) is 14.5 Å². The summed E-state index contributed by atoms with van der Waals surface area (Å²) in [5.74, 6) is -0.994. The highest BCUT2D eigenvalue weighted by Crippen LogP contribution is 2.29. The van der Waals surface area contributed by atoms with Gasteiger partial charge in [-0.1, -0.05) is 23.7 Å². The van der Waals surface area contributed by atoms with Gasteiger partial charge in [0.05, 0.1) is 16.6 Å². The van der Waals surface area contributed by atoms with Gasteiger partial charge < -0.3 is 20.2 Å². The van der Waals surface area contributed by atoms with E-state index in [-0.39, 0.29) is 17.5 Å². The monoisotopic (exact) mass is 502 g/mol. The average Bonchev–Trinajstić information content (AvgIpc) is 2.80. The molecule has 4 rings (SSSR count). The van der Waals surface area contributed by atoms with Crippen molar-refractivity contribution >= 4 is 29.1 Å². The van der Waals surface area contributed by atoms with Crippen LogP contribution in [0.4, 0.5) is 10.1 Å². The highest BCUT2D eigenvalue weighted by molar-refractivity contribution is 6.34. The van der Waals surface area contributed by atoms with Crippen molar-refractivity contribution in [2.24, 2.45) is 0 Å². The van der Waals surface area contributed by atoms with Crippen molar-refractivity contribution < 1.29 is 19.1 Å². The molecule has 7 nitrogen and oxygen atoms in total. The topological polar surface area (TPSA) is 76.1 Å². The lowest BCUT2D eigenvalue weighted by molar-refractivity contribution is -0.152. The van der Waals surface area contributed by atoms with E-state index in [1.165, 1.54) is 30.0 Å². The fraction of sp³-hybridized carbons (Fsp3) is 0.462. The van der Waals surface area contributed by atoms with E-state index in [2.05, 4.69) is 10.2 Å². The van der Waals surface area contributed by atoms with Crippen molar-refractivity contribution in [3.05, 3.63) is 64.4 Å². The molecule has 2 N–H and O–H groups in total. The first-order valence-corrected chi connectivity index (χ1v) is 12.2. The molecule has 2 aromatic carbocycles. The van der Waals surface area contributed by atoms with Crippen LogP contribution in [0.1, 0.15) is 35.7 Å². The maximum absolute atomic E-state index is 13.6. The molecule has 0 spiro atoms. The lowest BCUT2D eigenvalue weighted by Gasteiger charge is -2.48. The van der Waals surface area contributed by atoms with Gasteiger partial charge in [0.25, 0.3) is 11.8 Å². The van der Waals surface area contributed by atoms with Crippen LogP contribution in [0.5, 0.6) is 0 Å². The molecule has 2 fully saturated rings. The fourth-order valence-corrected chi connectivity index (χ4v) is 5.08. The third kappa shape index (κ3) is 5.44. The van der Waals surface area contributed by atoms with Gasteiger partial charge in [-0.05, 0) is 55.7 Å². The van der Waals surface area contributed by atoms with Crippen LogP contribution in [-0.2, 0) is 10.4 Å². The number of anilines is 1. The average molecular weight is 503 g/mol. The molecule has 0 bridgehead atoms. The van der Waals surface area contributed by atoms with E-state index in [9.17, 15) is 19.1 Å². The van der Waals surface area contributed by atoms with E-state index in [4.69, 9.17) is 11.6 Å². The zero-order valence-electron chi connectivity index (χ0n) is 20.3. The molecule has 0 radical (unpaired) electrons. The Bertz CT molecular complexity index is 1100. The SMILES string of the molecule is CN(C)C(=O)c1ccc(NC2CN(C3CCN(C(=O)[C@@](C)(O)c4cccc(F)c4)CC3)C2)cc1Cl. The molecule has 2 saturated heterocycles. The first kappa shape index (κ1) is 25.4. The minimum absolute atomic E-state index is 0.126. The van der Waals surface area contributed by atoms with Gasteiger partial charge in [-0.25, -0.2) is 4.39 Å². The molecule has 35 heavy (non-hydrogen) atoms. The molecule has 0 aliphatic carbocycles. The molecule has 2 aliphatic heterocycles. The van der Waals surface area contributed by atoms with Gasteiger partial charge in [0.1, 0.15) is 5.82 Å². The van der Waals surface area contributed by atoms with Crippen molar-refractivity contribution in [2.75, 3.05) is 45.6 Å². The quantitative estimate of drug-likeness (QED) is 0.634. The molecule has 2 heterocycles. The third-order valence-electron chi connectivity index (χ3n) is 6.96. The van der Waals surface area contributed by atoms with E-state index in [1.807, 2.05) is 6.07 Å². The number of benzene rings is 2. The number of piperidine rings is 1. The van der Waals surface area contributed by atoms with E-state index in [1.54, 1.807) is 37.2 Å². The van der Waals surface area contributed by atoms with Crippen LogP contribution in [0.25, 0.3) is 0 Å². The van der Waals surface area contributed by atoms with Gasteiger partial charge >= 0.3 is 0 Å². The van der Waals surface area contributed by atoms with E-state index in [0.717, 1.165) is 31.6 Å². The summed E-state index contributed by atoms with van der Waals surface area (Å²) in [5, 5.41) is 14.7. The third-order valence-corrected chi connectivity index (χ3v) is 7.27. The van der Waals surface area contributed by atoms with Gasteiger partial charge in [-0.2, -0.15) is 0 Å². The minimum atomic E-state index is -1.76. The summed E-state index contributed by atoms with van der Waals surface area (Å²) in [4.78, 5) is 30.7. The van der Waals surface area contributed by atoms with Crippen molar-refractivity contribution in [3.63, 3.8) is 0 Å². The molecule has 2 aliphatic rings. The summed E-state index contributed by atoms with van der Waals surface area (Å²) in [6, 6.07) is 11.6. The smallest absolute Gasteiger partial charge is 0.258 e. The van der Waals surface area contributed by atoms with E-state index in [0.29, 0.717) is 29.7 Å². The normalized spacial score (nSPS) is 19.1. The summed E-state index contributed by atoms with van der Waals surface area (Å²) >= 11 is 6.31. The molecule has 188 valence electrons. The lowest BCUT2D eigenvalue weighted by Crippen LogP contribution is -2.61. The van der Waals surface area contributed by atoms with Crippen LogP contribution in [0.3, 0.4) is 0 Å². The lowest BCUT2D eigenvalue weighted by atomic mass is 9.92. The first-order chi connectivity index (χ1) is 16.6. The van der Waals surface area contributed by atoms with Crippen molar-refractivity contribution in [1.82, 2.24) is 14.7 Å². The first-order valence-electron chi connectivity index (χ1n) is 11.9. The molecule has 2 aromatic rings. The number of amides is 2. The van der Waals surface area contributed by atoms with Crippen LogP contribution in [-0.4, -0.2) is 84.0 Å². The molecular formula is C26H32ClFN4O3. The number of hydrogen-bond donors (Lipinski definition) is 2. The van der Waals surface area contributed by atoms with Crippen LogP contribution in [0.15, 0.2) is 42.5 Å². The van der Waals surface area contributed by atoms with Crippen LogP contribution >= 0.6 is 11.6 Å². The highest BCUT2D eigenvalue weighted by Gasteiger charge is 2.40. The van der Waals surface area contributed by atoms with Crippen LogP contribution < -0.4 is 5.32 Å². The second-order valence-corrected chi connectivity index (χ2v) is 10.2. The van der Waals surface area contributed by atoms with Crippen LogP contribution in [0, 0.1) is 5.82 Å². The zero-order chi connectivity index (χ0) is 25.3. The largest absolute Gasteiger partial charge is 0.380 e.